The summed E-state index contributed by atoms with van der Waals surface area (Å²) in [6.45, 7) is 4.10. The van der Waals surface area contributed by atoms with Crippen LogP contribution >= 0.6 is 23.6 Å². The fraction of sp³-hybridized carbons (Fsp3) is 0.100. The van der Waals surface area contributed by atoms with Gasteiger partial charge in [-0.05, 0) is 43.8 Å². The lowest BCUT2D eigenvalue weighted by Crippen LogP contribution is -2.20. The van der Waals surface area contributed by atoms with Gasteiger partial charge in [-0.15, -0.1) is 11.3 Å². The summed E-state index contributed by atoms with van der Waals surface area (Å²) in [4.78, 5) is 18.5. The van der Waals surface area contributed by atoms with E-state index in [1.807, 2.05) is 37.3 Å². The van der Waals surface area contributed by atoms with Gasteiger partial charge in [-0.2, -0.15) is 0 Å². The summed E-state index contributed by atoms with van der Waals surface area (Å²) in [7, 11) is 0. The molecule has 5 heteroatoms. The van der Waals surface area contributed by atoms with Crippen molar-refractivity contribution in [2.75, 3.05) is 0 Å². The maximum atomic E-state index is 13.3. The van der Waals surface area contributed by atoms with Gasteiger partial charge in [0.15, 0.2) is 4.77 Å². The number of aromatic nitrogens is 2. The van der Waals surface area contributed by atoms with E-state index in [9.17, 15) is 4.79 Å². The van der Waals surface area contributed by atoms with Gasteiger partial charge in [0.05, 0.1) is 11.1 Å². The standard InChI is InChI=1S/C20H16N2OS2/c1-12-8-10-14(11-9-12)16-13(2)25-18-17(16)19(23)22(20(24)21-18)15-6-4-3-5-7-15/h3-11H,1-2H3,(H,21,24). The Morgan fingerprint density at radius 3 is 2.36 bits per heavy atom. The predicted molar refractivity (Wildman–Crippen MR) is 108 cm³/mol. The maximum Gasteiger partial charge on any atom is 0.268 e. The van der Waals surface area contributed by atoms with Crippen molar-refractivity contribution in [3.63, 3.8) is 0 Å². The first-order valence-corrected chi connectivity index (χ1v) is 9.19. The Balaban J connectivity index is 2.09. The van der Waals surface area contributed by atoms with Gasteiger partial charge in [0, 0.05) is 10.4 Å². The van der Waals surface area contributed by atoms with Gasteiger partial charge in [0.1, 0.15) is 4.83 Å². The highest BCUT2D eigenvalue weighted by atomic mass is 32.1. The number of fused-ring (bicyclic) bond motifs is 1. The molecule has 4 aromatic rings. The van der Waals surface area contributed by atoms with Crippen molar-refractivity contribution in [1.82, 2.24) is 9.55 Å². The van der Waals surface area contributed by atoms with Crippen molar-refractivity contribution in [3.8, 4) is 16.8 Å². The van der Waals surface area contributed by atoms with E-state index >= 15 is 0 Å². The predicted octanol–water partition coefficient (Wildman–Crippen LogP) is 5.39. The molecule has 0 bridgehead atoms. The van der Waals surface area contributed by atoms with Gasteiger partial charge in [0.2, 0.25) is 0 Å². The lowest BCUT2D eigenvalue weighted by Gasteiger charge is -2.08. The third-order valence-corrected chi connectivity index (χ3v) is 5.58. The molecule has 0 aliphatic rings. The highest BCUT2D eigenvalue weighted by Gasteiger charge is 2.17. The van der Waals surface area contributed by atoms with Crippen molar-refractivity contribution >= 4 is 33.8 Å². The fourth-order valence-electron chi connectivity index (χ4n) is 3.07. The number of nitrogens with zero attached hydrogens (tertiary/aromatic N) is 1. The van der Waals surface area contributed by atoms with Crippen LogP contribution in [0.2, 0.25) is 0 Å². The van der Waals surface area contributed by atoms with Crippen molar-refractivity contribution in [3.05, 3.63) is 80.2 Å². The van der Waals surface area contributed by atoms with Crippen LogP contribution in [0.5, 0.6) is 0 Å². The molecule has 2 aromatic heterocycles. The number of H-pyrrole nitrogens is 1. The van der Waals surface area contributed by atoms with E-state index in [2.05, 4.69) is 36.2 Å². The molecule has 0 saturated carbocycles. The van der Waals surface area contributed by atoms with Crippen molar-refractivity contribution in [2.24, 2.45) is 0 Å². The molecule has 4 rings (SSSR count). The largest absolute Gasteiger partial charge is 0.323 e. The van der Waals surface area contributed by atoms with Gasteiger partial charge in [-0.1, -0.05) is 48.0 Å². The van der Waals surface area contributed by atoms with Crippen LogP contribution in [-0.2, 0) is 0 Å². The smallest absolute Gasteiger partial charge is 0.268 e. The molecule has 0 aliphatic heterocycles. The number of aryl methyl sites for hydroxylation is 2. The number of aromatic amines is 1. The first-order valence-electron chi connectivity index (χ1n) is 7.97. The quantitative estimate of drug-likeness (QED) is 0.484. The van der Waals surface area contributed by atoms with E-state index in [1.165, 1.54) is 5.56 Å². The van der Waals surface area contributed by atoms with E-state index in [1.54, 1.807) is 15.9 Å². The van der Waals surface area contributed by atoms with Crippen molar-refractivity contribution in [1.29, 1.82) is 0 Å². The van der Waals surface area contributed by atoms with E-state index in [-0.39, 0.29) is 5.56 Å². The second-order valence-corrected chi connectivity index (χ2v) is 7.62. The zero-order valence-corrected chi connectivity index (χ0v) is 15.5. The Morgan fingerprint density at radius 2 is 1.68 bits per heavy atom. The summed E-state index contributed by atoms with van der Waals surface area (Å²) < 4.78 is 1.99. The molecular weight excluding hydrogens is 348 g/mol. The number of hydrogen-bond acceptors (Lipinski definition) is 3. The monoisotopic (exact) mass is 364 g/mol. The van der Waals surface area contributed by atoms with Gasteiger partial charge >= 0.3 is 0 Å². The lowest BCUT2D eigenvalue weighted by atomic mass is 10.0. The number of para-hydroxylation sites is 1. The third-order valence-electron chi connectivity index (χ3n) is 4.28. The second kappa shape index (κ2) is 6.10. The summed E-state index contributed by atoms with van der Waals surface area (Å²) in [6, 6.07) is 17.8. The van der Waals surface area contributed by atoms with Crippen LogP contribution in [0.4, 0.5) is 0 Å². The van der Waals surface area contributed by atoms with Crippen LogP contribution in [0.3, 0.4) is 0 Å². The van der Waals surface area contributed by atoms with Crippen LogP contribution in [0.1, 0.15) is 10.4 Å². The number of nitrogens with one attached hydrogen (secondary N) is 1. The molecule has 0 atom stereocenters. The Hall–Kier alpha value is -2.50. The van der Waals surface area contributed by atoms with Gasteiger partial charge in [-0.3, -0.25) is 9.36 Å². The first-order chi connectivity index (χ1) is 12.1. The Morgan fingerprint density at radius 1 is 1.00 bits per heavy atom. The second-order valence-electron chi connectivity index (χ2n) is 6.01. The third kappa shape index (κ3) is 2.65. The van der Waals surface area contributed by atoms with E-state index in [0.717, 1.165) is 26.5 Å². The molecule has 25 heavy (non-hydrogen) atoms. The van der Waals surface area contributed by atoms with Gasteiger partial charge in [0.25, 0.3) is 5.56 Å². The van der Waals surface area contributed by atoms with E-state index in [0.29, 0.717) is 10.2 Å². The zero-order valence-electron chi connectivity index (χ0n) is 13.9. The van der Waals surface area contributed by atoms with Crippen LogP contribution in [0.15, 0.2) is 59.4 Å². The Labute approximate surface area is 154 Å². The molecule has 124 valence electrons. The lowest BCUT2D eigenvalue weighted by molar-refractivity contribution is 0.943. The van der Waals surface area contributed by atoms with E-state index in [4.69, 9.17) is 12.2 Å². The fourth-order valence-corrected chi connectivity index (χ4v) is 4.50. The summed E-state index contributed by atoms with van der Waals surface area (Å²) in [5.74, 6) is 0. The molecule has 0 aliphatic carbocycles. The molecule has 2 aromatic carbocycles. The molecule has 0 fully saturated rings. The zero-order chi connectivity index (χ0) is 17.6. The summed E-state index contributed by atoms with van der Waals surface area (Å²) in [5.41, 5.74) is 3.93. The SMILES string of the molecule is Cc1ccc(-c2c(C)sc3[nH]c(=S)n(-c4ccccc4)c(=O)c23)cc1. The number of rotatable bonds is 2. The van der Waals surface area contributed by atoms with Gasteiger partial charge < -0.3 is 4.98 Å². The molecule has 0 saturated heterocycles. The number of hydrogen-bond donors (Lipinski definition) is 1. The molecule has 0 unspecified atom stereocenters. The Kier molecular flexibility index (Phi) is 3.90. The van der Waals surface area contributed by atoms with Gasteiger partial charge in [-0.25, -0.2) is 0 Å². The first kappa shape index (κ1) is 16.0. The van der Waals surface area contributed by atoms with Crippen molar-refractivity contribution in [2.45, 2.75) is 13.8 Å². The summed E-state index contributed by atoms with van der Waals surface area (Å²) in [5, 5.41) is 0.698. The minimum atomic E-state index is -0.0788. The normalized spacial score (nSPS) is 11.1. The average molecular weight is 364 g/mol. The molecule has 3 nitrogen and oxygen atoms in total. The van der Waals surface area contributed by atoms with Crippen LogP contribution < -0.4 is 5.56 Å². The minimum Gasteiger partial charge on any atom is -0.323 e. The Bertz CT molecular complexity index is 1180. The van der Waals surface area contributed by atoms with E-state index < -0.39 is 0 Å². The number of thiophene rings is 1. The van der Waals surface area contributed by atoms with Crippen LogP contribution in [0, 0.1) is 18.6 Å². The summed E-state index contributed by atoms with van der Waals surface area (Å²) in [6.07, 6.45) is 0. The maximum absolute atomic E-state index is 13.3. The van der Waals surface area contributed by atoms with Crippen LogP contribution in [0.25, 0.3) is 27.0 Å². The molecule has 0 amide bonds. The highest BCUT2D eigenvalue weighted by Crippen LogP contribution is 2.35. The highest BCUT2D eigenvalue weighted by molar-refractivity contribution is 7.71. The minimum absolute atomic E-state index is 0.0788. The molecule has 2 heterocycles. The topological polar surface area (TPSA) is 37.8 Å². The molecule has 1 N–H and O–H groups in total. The average Bonchev–Trinajstić information content (AvgIpc) is 2.93. The van der Waals surface area contributed by atoms with Crippen molar-refractivity contribution < 1.29 is 0 Å². The molecular formula is C20H16N2OS2. The molecule has 0 radical (unpaired) electrons. The van der Waals surface area contributed by atoms with Crippen LogP contribution in [-0.4, -0.2) is 9.55 Å². The molecule has 0 spiro atoms. The number of benzene rings is 2. The summed E-state index contributed by atoms with van der Waals surface area (Å²) >= 11 is 7.02.